The molecule has 0 saturated carbocycles. The van der Waals surface area contributed by atoms with Gasteiger partial charge >= 0.3 is 5.97 Å². The average molecular weight is 362 g/mol. The number of aromatic nitrogens is 2. The van der Waals surface area contributed by atoms with Gasteiger partial charge in [-0.1, -0.05) is 30.3 Å². The Bertz CT molecular complexity index is 1120. The number of nitro groups is 1. The number of carbonyl (C=O) groups is 1. The van der Waals surface area contributed by atoms with Crippen LogP contribution in [0.5, 0.6) is 0 Å². The van der Waals surface area contributed by atoms with E-state index >= 15 is 0 Å². The van der Waals surface area contributed by atoms with Crippen molar-refractivity contribution in [2.75, 3.05) is 0 Å². The Labute approximate surface area is 153 Å². The van der Waals surface area contributed by atoms with E-state index in [4.69, 9.17) is 0 Å². The molecule has 1 N–H and O–H groups in total. The maximum Gasteiger partial charge on any atom is 0.356 e. The molecule has 2 aromatic carbocycles. The Morgan fingerprint density at radius 1 is 1.22 bits per heavy atom. The molecule has 0 amide bonds. The van der Waals surface area contributed by atoms with Gasteiger partial charge in [-0.25, -0.2) is 9.78 Å². The van der Waals surface area contributed by atoms with Crippen LogP contribution in [-0.4, -0.2) is 31.3 Å². The number of aromatic carboxylic acids is 1. The summed E-state index contributed by atoms with van der Waals surface area (Å²) in [7, 11) is 0. The number of aliphatic imine (C=N–C) groups is 1. The van der Waals surface area contributed by atoms with Crippen LogP contribution in [0.4, 0.5) is 5.69 Å². The molecule has 8 heteroatoms. The fraction of sp³-hybridized carbons (Fsp3) is 0.105. The van der Waals surface area contributed by atoms with Gasteiger partial charge in [0, 0.05) is 23.3 Å². The highest BCUT2D eigenvalue weighted by Crippen LogP contribution is 2.30. The van der Waals surface area contributed by atoms with Crippen LogP contribution in [0.1, 0.15) is 33.1 Å². The first-order valence-corrected chi connectivity index (χ1v) is 8.18. The van der Waals surface area contributed by atoms with E-state index in [9.17, 15) is 20.0 Å². The summed E-state index contributed by atoms with van der Waals surface area (Å²) in [6.07, 6.45) is 0. The normalized spacial score (nSPS) is 12.6. The third-order valence-corrected chi connectivity index (χ3v) is 4.46. The quantitative estimate of drug-likeness (QED) is 0.568. The van der Waals surface area contributed by atoms with Crippen LogP contribution < -0.4 is 0 Å². The molecule has 0 atom stereocenters. The van der Waals surface area contributed by atoms with Crippen molar-refractivity contribution in [2.24, 2.45) is 4.99 Å². The van der Waals surface area contributed by atoms with Gasteiger partial charge in [-0.3, -0.25) is 19.7 Å². The molecule has 1 aliphatic rings. The van der Waals surface area contributed by atoms with Gasteiger partial charge < -0.3 is 5.11 Å². The maximum absolute atomic E-state index is 11.6. The standard InChI is InChI=1S/C19H14N4O4/c1-11-21-18(19(24)25)16-10-20-17(12-5-3-2-4-6-12)14-9-13(23(26)27)7-8-15(14)22(11)16/h2-9H,10H2,1H3,(H,24,25). The Hall–Kier alpha value is -3.81. The summed E-state index contributed by atoms with van der Waals surface area (Å²) in [4.78, 5) is 31.2. The van der Waals surface area contributed by atoms with E-state index in [1.165, 1.54) is 12.1 Å². The van der Waals surface area contributed by atoms with Crippen molar-refractivity contribution in [1.82, 2.24) is 9.55 Å². The fourth-order valence-corrected chi connectivity index (χ4v) is 3.32. The molecule has 1 aliphatic heterocycles. The summed E-state index contributed by atoms with van der Waals surface area (Å²) < 4.78 is 1.71. The number of nitrogens with zero attached hydrogens (tertiary/aromatic N) is 4. The SMILES string of the molecule is Cc1nc(C(=O)O)c2n1-c1ccc([N+](=O)[O-])cc1C(c1ccccc1)=NC2. The second-order valence-corrected chi connectivity index (χ2v) is 6.08. The van der Waals surface area contributed by atoms with Gasteiger partial charge in [-0.05, 0) is 13.0 Å². The second kappa shape index (κ2) is 6.17. The predicted molar refractivity (Wildman–Crippen MR) is 97.7 cm³/mol. The van der Waals surface area contributed by atoms with Crippen molar-refractivity contribution in [3.63, 3.8) is 0 Å². The lowest BCUT2D eigenvalue weighted by atomic mass is 10.00. The number of carboxylic acid groups (broad SMARTS) is 1. The zero-order valence-corrected chi connectivity index (χ0v) is 14.3. The average Bonchev–Trinajstić information content (AvgIpc) is 2.89. The zero-order valence-electron chi connectivity index (χ0n) is 14.3. The van der Waals surface area contributed by atoms with E-state index in [1.54, 1.807) is 17.6 Å². The second-order valence-electron chi connectivity index (χ2n) is 6.08. The van der Waals surface area contributed by atoms with Crippen LogP contribution in [0.2, 0.25) is 0 Å². The first-order chi connectivity index (χ1) is 13.0. The number of benzene rings is 2. The molecule has 0 aliphatic carbocycles. The van der Waals surface area contributed by atoms with Gasteiger partial charge in [0.15, 0.2) is 5.69 Å². The lowest BCUT2D eigenvalue weighted by molar-refractivity contribution is -0.384. The van der Waals surface area contributed by atoms with Gasteiger partial charge in [0.2, 0.25) is 0 Å². The van der Waals surface area contributed by atoms with Gasteiger partial charge in [0.1, 0.15) is 5.82 Å². The number of hydrogen-bond donors (Lipinski definition) is 1. The predicted octanol–water partition coefficient (Wildman–Crippen LogP) is 3.14. The molecule has 0 spiro atoms. The van der Waals surface area contributed by atoms with Crippen LogP contribution in [0.3, 0.4) is 0 Å². The van der Waals surface area contributed by atoms with E-state index < -0.39 is 10.9 Å². The van der Waals surface area contributed by atoms with E-state index in [0.29, 0.717) is 28.5 Å². The summed E-state index contributed by atoms with van der Waals surface area (Å²) >= 11 is 0. The fourth-order valence-electron chi connectivity index (χ4n) is 3.32. The van der Waals surface area contributed by atoms with Gasteiger partial charge in [-0.2, -0.15) is 0 Å². The van der Waals surface area contributed by atoms with Crippen molar-refractivity contribution in [3.05, 3.63) is 87.0 Å². The lowest BCUT2D eigenvalue weighted by Crippen LogP contribution is -2.09. The highest BCUT2D eigenvalue weighted by molar-refractivity contribution is 6.15. The molecule has 0 saturated heterocycles. The molecule has 0 radical (unpaired) electrons. The Morgan fingerprint density at radius 3 is 2.63 bits per heavy atom. The van der Waals surface area contributed by atoms with Crippen molar-refractivity contribution in [1.29, 1.82) is 0 Å². The summed E-state index contributed by atoms with van der Waals surface area (Å²) in [5.41, 5.74) is 2.88. The summed E-state index contributed by atoms with van der Waals surface area (Å²) in [5.74, 6) is -0.643. The monoisotopic (exact) mass is 362 g/mol. The number of aryl methyl sites for hydroxylation is 1. The third-order valence-electron chi connectivity index (χ3n) is 4.46. The summed E-state index contributed by atoms with van der Waals surface area (Å²) in [6.45, 7) is 1.81. The minimum atomic E-state index is -1.13. The topological polar surface area (TPSA) is 111 Å². The molecular formula is C19H14N4O4. The molecule has 2 heterocycles. The van der Waals surface area contributed by atoms with Crippen LogP contribution in [0.15, 0.2) is 53.5 Å². The summed E-state index contributed by atoms with van der Waals surface area (Å²) in [6, 6.07) is 13.8. The molecule has 0 unspecified atom stereocenters. The molecular weight excluding hydrogens is 348 g/mol. The molecule has 1 aromatic heterocycles. The minimum absolute atomic E-state index is 0.0583. The third kappa shape index (κ3) is 2.67. The van der Waals surface area contributed by atoms with Crippen molar-refractivity contribution < 1.29 is 14.8 Å². The summed E-state index contributed by atoms with van der Waals surface area (Å²) in [5, 5.41) is 20.8. The first kappa shape index (κ1) is 16.6. The van der Waals surface area contributed by atoms with E-state index in [1.807, 2.05) is 30.3 Å². The zero-order chi connectivity index (χ0) is 19.1. The minimum Gasteiger partial charge on any atom is -0.476 e. The molecule has 134 valence electrons. The largest absolute Gasteiger partial charge is 0.476 e. The maximum atomic E-state index is 11.6. The highest BCUT2D eigenvalue weighted by Gasteiger charge is 2.27. The molecule has 0 bridgehead atoms. The molecule has 27 heavy (non-hydrogen) atoms. The number of carboxylic acids is 1. The van der Waals surface area contributed by atoms with Gasteiger partial charge in [0.25, 0.3) is 5.69 Å². The Kier molecular flexibility index (Phi) is 3.80. The van der Waals surface area contributed by atoms with Crippen LogP contribution in [-0.2, 0) is 6.54 Å². The highest BCUT2D eigenvalue weighted by atomic mass is 16.6. The number of hydrogen-bond acceptors (Lipinski definition) is 5. The number of fused-ring (bicyclic) bond motifs is 3. The van der Waals surface area contributed by atoms with Crippen molar-refractivity contribution >= 4 is 17.4 Å². The number of non-ortho nitro benzene ring substituents is 1. The smallest absolute Gasteiger partial charge is 0.356 e. The molecule has 4 rings (SSSR count). The number of imidazole rings is 1. The molecule has 3 aromatic rings. The van der Waals surface area contributed by atoms with Crippen LogP contribution >= 0.6 is 0 Å². The van der Waals surface area contributed by atoms with Gasteiger partial charge in [0.05, 0.1) is 28.6 Å². The van der Waals surface area contributed by atoms with Gasteiger partial charge in [-0.15, -0.1) is 0 Å². The first-order valence-electron chi connectivity index (χ1n) is 8.18. The molecule has 8 nitrogen and oxygen atoms in total. The Morgan fingerprint density at radius 2 is 1.96 bits per heavy atom. The van der Waals surface area contributed by atoms with E-state index in [0.717, 1.165) is 5.56 Å². The Balaban J connectivity index is 2.04. The number of nitro benzene ring substituents is 1. The van der Waals surface area contributed by atoms with Crippen molar-refractivity contribution in [3.8, 4) is 5.69 Å². The van der Waals surface area contributed by atoms with Crippen molar-refractivity contribution in [2.45, 2.75) is 13.5 Å². The molecule has 0 fully saturated rings. The lowest BCUT2D eigenvalue weighted by Gasteiger charge is -2.13. The van der Waals surface area contributed by atoms with Crippen LogP contribution in [0.25, 0.3) is 5.69 Å². The van der Waals surface area contributed by atoms with E-state index in [2.05, 4.69) is 9.98 Å². The number of rotatable bonds is 3. The van der Waals surface area contributed by atoms with E-state index in [-0.39, 0.29) is 17.9 Å². The van der Waals surface area contributed by atoms with Crippen LogP contribution in [0, 0.1) is 17.0 Å².